The Labute approximate surface area is 119 Å². The van der Waals surface area contributed by atoms with Crippen molar-refractivity contribution >= 4 is 5.91 Å². The van der Waals surface area contributed by atoms with Gasteiger partial charge in [0.25, 0.3) is 5.91 Å². The summed E-state index contributed by atoms with van der Waals surface area (Å²) >= 11 is 0. The Hall–Kier alpha value is -1.40. The molecule has 1 N–H and O–H groups in total. The van der Waals surface area contributed by atoms with Gasteiger partial charge in [0.2, 0.25) is 0 Å². The lowest BCUT2D eigenvalue weighted by Crippen LogP contribution is -2.41. The van der Waals surface area contributed by atoms with Crippen molar-refractivity contribution in [3.05, 3.63) is 18.2 Å². The van der Waals surface area contributed by atoms with Gasteiger partial charge in [-0.3, -0.25) is 9.69 Å². The van der Waals surface area contributed by atoms with Crippen LogP contribution in [0.5, 0.6) is 0 Å². The Morgan fingerprint density at radius 1 is 1.35 bits per heavy atom. The van der Waals surface area contributed by atoms with Gasteiger partial charge in [-0.2, -0.15) is 0 Å². The van der Waals surface area contributed by atoms with E-state index in [2.05, 4.69) is 14.9 Å². The number of hydrogen-bond acceptors (Lipinski definition) is 4. The quantitative estimate of drug-likeness (QED) is 0.880. The van der Waals surface area contributed by atoms with E-state index in [9.17, 15) is 4.79 Å². The molecule has 1 aromatic rings. The Bertz CT molecular complexity index is 428. The molecule has 6 nitrogen and oxygen atoms in total. The average Bonchev–Trinajstić information content (AvgIpc) is 3.10. The van der Waals surface area contributed by atoms with E-state index in [1.54, 1.807) is 6.33 Å². The predicted molar refractivity (Wildman–Crippen MR) is 74.0 cm³/mol. The van der Waals surface area contributed by atoms with Crippen LogP contribution in [-0.4, -0.2) is 64.6 Å². The molecule has 2 saturated heterocycles. The number of H-pyrrole nitrogens is 1. The smallest absolute Gasteiger partial charge is 0.251 e. The summed E-state index contributed by atoms with van der Waals surface area (Å²) < 4.78 is 5.50. The molecular formula is C14H22N4O2. The fraction of sp³-hybridized carbons (Fsp3) is 0.714. The summed E-state index contributed by atoms with van der Waals surface area (Å²) in [5.74, 6) is 0.186. The maximum Gasteiger partial charge on any atom is 0.251 e. The van der Waals surface area contributed by atoms with Gasteiger partial charge < -0.3 is 14.6 Å². The molecule has 2 fully saturated rings. The molecule has 1 aromatic heterocycles. The molecule has 0 radical (unpaired) electrons. The maximum atomic E-state index is 12.3. The van der Waals surface area contributed by atoms with Crippen LogP contribution in [-0.2, 0) is 16.1 Å². The van der Waals surface area contributed by atoms with Crippen LogP contribution in [0.2, 0.25) is 0 Å². The number of carbonyl (C=O) groups excluding carboxylic acids is 1. The van der Waals surface area contributed by atoms with Crippen molar-refractivity contribution in [1.82, 2.24) is 19.8 Å². The highest BCUT2D eigenvalue weighted by Gasteiger charge is 2.29. The maximum absolute atomic E-state index is 12.3. The minimum atomic E-state index is -0.186. The molecule has 0 aromatic carbocycles. The van der Waals surface area contributed by atoms with Crippen LogP contribution < -0.4 is 0 Å². The van der Waals surface area contributed by atoms with Crippen LogP contribution in [0.25, 0.3) is 0 Å². The molecule has 0 saturated carbocycles. The second-order valence-electron chi connectivity index (χ2n) is 5.53. The predicted octanol–water partition coefficient (Wildman–Crippen LogP) is 0.623. The molecule has 2 aliphatic rings. The van der Waals surface area contributed by atoms with E-state index < -0.39 is 0 Å². The van der Waals surface area contributed by atoms with Crippen LogP contribution in [0.4, 0.5) is 0 Å². The number of amides is 1. The standard InChI is InChI=1S/C14H22N4O2/c19-14(13-3-1-8-20-13)18-5-2-4-17(6-7-18)10-12-9-15-11-16-12/h9,11,13H,1-8,10H2,(H,15,16)/t13-/m1/s1. The van der Waals surface area contributed by atoms with E-state index in [4.69, 9.17) is 4.74 Å². The van der Waals surface area contributed by atoms with Gasteiger partial charge in [-0.05, 0) is 19.3 Å². The largest absolute Gasteiger partial charge is 0.368 e. The van der Waals surface area contributed by atoms with E-state index in [0.717, 1.165) is 64.3 Å². The van der Waals surface area contributed by atoms with Gasteiger partial charge in [0, 0.05) is 51.2 Å². The molecular weight excluding hydrogens is 256 g/mol. The molecule has 3 rings (SSSR count). The zero-order valence-electron chi connectivity index (χ0n) is 11.8. The first-order valence-electron chi connectivity index (χ1n) is 7.43. The number of carbonyl (C=O) groups is 1. The number of nitrogens with zero attached hydrogens (tertiary/aromatic N) is 3. The molecule has 6 heteroatoms. The minimum Gasteiger partial charge on any atom is -0.368 e. The Balaban J connectivity index is 1.52. The van der Waals surface area contributed by atoms with Crippen molar-refractivity contribution in [1.29, 1.82) is 0 Å². The summed E-state index contributed by atoms with van der Waals surface area (Å²) in [5.41, 5.74) is 1.13. The molecule has 20 heavy (non-hydrogen) atoms. The summed E-state index contributed by atoms with van der Waals surface area (Å²) in [4.78, 5) is 23.9. The Kier molecular flexibility index (Phi) is 4.32. The lowest BCUT2D eigenvalue weighted by molar-refractivity contribution is -0.140. The zero-order chi connectivity index (χ0) is 13.8. The highest BCUT2D eigenvalue weighted by molar-refractivity contribution is 5.81. The van der Waals surface area contributed by atoms with Gasteiger partial charge in [0.15, 0.2) is 0 Å². The SMILES string of the molecule is O=C([C@H]1CCCO1)N1CCCN(Cc2cnc[nH]2)CC1. The van der Waals surface area contributed by atoms with E-state index in [1.165, 1.54) is 0 Å². The van der Waals surface area contributed by atoms with E-state index in [1.807, 2.05) is 11.1 Å². The number of imidazole rings is 1. The molecule has 110 valence electrons. The Morgan fingerprint density at radius 3 is 3.05 bits per heavy atom. The van der Waals surface area contributed by atoms with Crippen molar-refractivity contribution < 1.29 is 9.53 Å². The van der Waals surface area contributed by atoms with Gasteiger partial charge in [0.1, 0.15) is 6.10 Å². The van der Waals surface area contributed by atoms with Crippen molar-refractivity contribution in [3.63, 3.8) is 0 Å². The average molecular weight is 278 g/mol. The molecule has 0 aliphatic carbocycles. The minimum absolute atomic E-state index is 0.186. The molecule has 1 amide bonds. The number of aromatic amines is 1. The molecule has 0 bridgehead atoms. The summed E-state index contributed by atoms with van der Waals surface area (Å²) in [6.07, 6.45) is 6.30. The second kappa shape index (κ2) is 6.37. The van der Waals surface area contributed by atoms with Crippen molar-refractivity contribution in [3.8, 4) is 0 Å². The number of aromatic nitrogens is 2. The summed E-state index contributed by atoms with van der Waals surface area (Å²) in [5, 5.41) is 0. The van der Waals surface area contributed by atoms with Crippen molar-refractivity contribution in [2.75, 3.05) is 32.8 Å². The Morgan fingerprint density at radius 2 is 2.30 bits per heavy atom. The lowest BCUT2D eigenvalue weighted by atomic mass is 10.2. The van der Waals surface area contributed by atoms with Crippen molar-refractivity contribution in [2.45, 2.75) is 31.9 Å². The van der Waals surface area contributed by atoms with Crippen LogP contribution in [0, 0.1) is 0 Å². The second-order valence-corrected chi connectivity index (χ2v) is 5.53. The normalized spacial score (nSPS) is 24.8. The third kappa shape index (κ3) is 3.19. The van der Waals surface area contributed by atoms with Crippen molar-refractivity contribution in [2.24, 2.45) is 0 Å². The molecule has 2 aliphatic heterocycles. The number of ether oxygens (including phenoxy) is 1. The topological polar surface area (TPSA) is 61.5 Å². The van der Waals surface area contributed by atoms with Gasteiger partial charge in [0.05, 0.1) is 6.33 Å². The van der Waals surface area contributed by atoms with Gasteiger partial charge in [-0.15, -0.1) is 0 Å². The highest BCUT2D eigenvalue weighted by Crippen LogP contribution is 2.16. The van der Waals surface area contributed by atoms with Crippen LogP contribution >= 0.6 is 0 Å². The van der Waals surface area contributed by atoms with E-state index in [-0.39, 0.29) is 12.0 Å². The van der Waals surface area contributed by atoms with Gasteiger partial charge in [-0.25, -0.2) is 4.98 Å². The summed E-state index contributed by atoms with van der Waals surface area (Å²) in [6, 6.07) is 0. The molecule has 0 spiro atoms. The number of nitrogens with one attached hydrogen (secondary N) is 1. The summed E-state index contributed by atoms with van der Waals surface area (Å²) in [6.45, 7) is 5.19. The summed E-state index contributed by atoms with van der Waals surface area (Å²) in [7, 11) is 0. The third-order valence-electron chi connectivity index (χ3n) is 4.05. The van der Waals surface area contributed by atoms with Gasteiger partial charge >= 0.3 is 0 Å². The van der Waals surface area contributed by atoms with E-state index in [0.29, 0.717) is 0 Å². The van der Waals surface area contributed by atoms with Crippen LogP contribution in [0.15, 0.2) is 12.5 Å². The van der Waals surface area contributed by atoms with Crippen LogP contribution in [0.3, 0.4) is 0 Å². The highest BCUT2D eigenvalue weighted by atomic mass is 16.5. The number of hydrogen-bond donors (Lipinski definition) is 1. The first kappa shape index (κ1) is 13.6. The lowest BCUT2D eigenvalue weighted by Gasteiger charge is -2.24. The molecule has 0 unspecified atom stereocenters. The fourth-order valence-corrected chi connectivity index (χ4v) is 2.94. The molecule has 3 heterocycles. The number of rotatable bonds is 3. The van der Waals surface area contributed by atoms with Crippen LogP contribution in [0.1, 0.15) is 25.0 Å². The monoisotopic (exact) mass is 278 g/mol. The fourth-order valence-electron chi connectivity index (χ4n) is 2.94. The zero-order valence-corrected chi connectivity index (χ0v) is 11.8. The first-order valence-corrected chi connectivity index (χ1v) is 7.43. The van der Waals surface area contributed by atoms with E-state index >= 15 is 0 Å². The first-order chi connectivity index (χ1) is 9.83. The third-order valence-corrected chi connectivity index (χ3v) is 4.05. The van der Waals surface area contributed by atoms with Gasteiger partial charge in [-0.1, -0.05) is 0 Å². The molecule has 1 atom stereocenters.